The molecule has 2 fully saturated rings. The Bertz CT molecular complexity index is 784. The summed E-state index contributed by atoms with van der Waals surface area (Å²) in [6.07, 6.45) is -1.03. The van der Waals surface area contributed by atoms with Crippen molar-refractivity contribution in [2.75, 3.05) is 13.1 Å². The van der Waals surface area contributed by atoms with Gasteiger partial charge in [-0.2, -0.15) is 0 Å². The Hall–Kier alpha value is -3.42. The Morgan fingerprint density at radius 2 is 1.72 bits per heavy atom. The van der Waals surface area contributed by atoms with Crippen molar-refractivity contribution in [1.29, 1.82) is 0 Å². The zero-order valence-corrected chi connectivity index (χ0v) is 17.4. The highest BCUT2D eigenvalue weighted by Crippen LogP contribution is 2.27. The standard InChI is InChI=1S/C18H29N7O7/c19-18(20)21-3-1-2-9-16(31)22-7-13(27)23-11(6-14(28)29)17(32)25-10-4-8(5-12(10)26)15(30)24-9/h8-12,26H,1-7H2,(H,22,31)(H,23,27)(H,24,30)(H,25,32)(H,28,29)(H4,19,20,21)/t8-,9-,10-,11+,12-/m0/s1. The van der Waals surface area contributed by atoms with Gasteiger partial charge >= 0.3 is 5.97 Å². The number of guanidine groups is 1. The number of amides is 4. The molecule has 2 rings (SSSR count). The molecule has 1 aliphatic carbocycles. The molecule has 32 heavy (non-hydrogen) atoms. The van der Waals surface area contributed by atoms with Crippen molar-refractivity contribution in [3.8, 4) is 0 Å². The summed E-state index contributed by atoms with van der Waals surface area (Å²) in [6, 6.07) is -3.19. The number of nitrogens with zero attached hydrogens (tertiary/aromatic N) is 1. The predicted molar refractivity (Wildman–Crippen MR) is 110 cm³/mol. The first-order chi connectivity index (χ1) is 15.1. The summed E-state index contributed by atoms with van der Waals surface area (Å²) in [6.45, 7) is -0.298. The number of carboxylic acid groups (broad SMARTS) is 1. The van der Waals surface area contributed by atoms with Gasteiger partial charge in [-0.15, -0.1) is 0 Å². The van der Waals surface area contributed by atoms with E-state index in [1.54, 1.807) is 0 Å². The van der Waals surface area contributed by atoms with Crippen molar-refractivity contribution in [2.45, 2.75) is 56.3 Å². The fourth-order valence-corrected chi connectivity index (χ4v) is 3.65. The van der Waals surface area contributed by atoms with Crippen LogP contribution < -0.4 is 32.7 Å². The van der Waals surface area contributed by atoms with Crippen LogP contribution in [-0.2, 0) is 24.0 Å². The third-order valence-electron chi connectivity index (χ3n) is 5.26. The van der Waals surface area contributed by atoms with Gasteiger partial charge in [-0.05, 0) is 25.7 Å². The molecule has 0 radical (unpaired) electrons. The Balaban J connectivity index is 2.19. The topological polar surface area (TPSA) is 238 Å². The number of hydrogen-bond acceptors (Lipinski definition) is 7. The number of carboxylic acids is 1. The van der Waals surface area contributed by atoms with E-state index in [9.17, 15) is 29.1 Å². The second-order valence-electron chi connectivity index (χ2n) is 7.80. The zero-order chi connectivity index (χ0) is 23.8. The van der Waals surface area contributed by atoms with Gasteiger partial charge in [0.2, 0.25) is 23.6 Å². The number of aliphatic imine (C=N–C) groups is 1. The molecule has 14 nitrogen and oxygen atoms in total. The smallest absolute Gasteiger partial charge is 0.305 e. The fourth-order valence-electron chi connectivity index (χ4n) is 3.65. The molecule has 0 aromatic carbocycles. The number of carbonyl (C=O) groups is 5. The quantitative estimate of drug-likeness (QED) is 0.110. The van der Waals surface area contributed by atoms with Crippen LogP contribution in [0.3, 0.4) is 0 Å². The van der Waals surface area contributed by atoms with Crippen molar-refractivity contribution >= 4 is 35.6 Å². The number of nitrogens with one attached hydrogen (secondary N) is 4. The molecule has 0 unspecified atom stereocenters. The third kappa shape index (κ3) is 7.37. The summed E-state index contributed by atoms with van der Waals surface area (Å²) in [5.74, 6) is -4.79. The summed E-state index contributed by atoms with van der Waals surface area (Å²) in [4.78, 5) is 64.9. The van der Waals surface area contributed by atoms with Crippen LogP contribution in [0.1, 0.15) is 32.1 Å². The van der Waals surface area contributed by atoms with Crippen molar-refractivity contribution in [3.63, 3.8) is 0 Å². The molecular weight excluding hydrogens is 426 g/mol. The number of aliphatic carboxylic acids is 1. The lowest BCUT2D eigenvalue weighted by atomic mass is 10.0. The highest BCUT2D eigenvalue weighted by molar-refractivity contribution is 5.94. The van der Waals surface area contributed by atoms with E-state index >= 15 is 0 Å². The highest BCUT2D eigenvalue weighted by atomic mass is 16.4. The minimum absolute atomic E-state index is 0.0507. The molecule has 0 aromatic heterocycles. The lowest BCUT2D eigenvalue weighted by molar-refractivity contribution is -0.141. The molecule has 0 spiro atoms. The largest absolute Gasteiger partial charge is 0.481 e. The van der Waals surface area contributed by atoms with Crippen molar-refractivity contribution in [3.05, 3.63) is 0 Å². The number of aliphatic hydroxyl groups is 1. The van der Waals surface area contributed by atoms with Crippen LogP contribution in [0.2, 0.25) is 0 Å². The zero-order valence-electron chi connectivity index (χ0n) is 17.4. The van der Waals surface area contributed by atoms with E-state index < -0.39 is 72.7 Å². The molecule has 1 aliphatic heterocycles. The molecule has 5 atom stereocenters. The highest BCUT2D eigenvalue weighted by Gasteiger charge is 2.40. The van der Waals surface area contributed by atoms with Gasteiger partial charge in [-0.3, -0.25) is 29.0 Å². The average molecular weight is 455 g/mol. The Morgan fingerprint density at radius 3 is 2.38 bits per heavy atom. The molecule has 0 aromatic rings. The van der Waals surface area contributed by atoms with E-state index in [1.165, 1.54) is 0 Å². The Labute approximate surface area is 183 Å². The monoisotopic (exact) mass is 455 g/mol. The molecule has 2 aliphatic rings. The lowest BCUT2D eigenvalue weighted by Crippen LogP contribution is -2.55. The second kappa shape index (κ2) is 11.3. The van der Waals surface area contributed by atoms with Gasteiger partial charge in [-0.1, -0.05) is 0 Å². The molecule has 2 bridgehead atoms. The molecule has 1 saturated heterocycles. The van der Waals surface area contributed by atoms with E-state index in [1.807, 2.05) is 0 Å². The summed E-state index contributed by atoms with van der Waals surface area (Å²) in [5, 5.41) is 29.1. The van der Waals surface area contributed by atoms with Gasteiger partial charge < -0.3 is 42.9 Å². The minimum Gasteiger partial charge on any atom is -0.481 e. The molecule has 178 valence electrons. The molecule has 14 heteroatoms. The van der Waals surface area contributed by atoms with Gasteiger partial charge in [0.1, 0.15) is 12.1 Å². The first-order valence-electron chi connectivity index (χ1n) is 10.2. The Kier molecular flexibility index (Phi) is 8.75. The van der Waals surface area contributed by atoms with Crippen LogP contribution >= 0.6 is 0 Å². The number of hydrogen-bond donors (Lipinski definition) is 8. The van der Waals surface area contributed by atoms with Gasteiger partial charge in [0.25, 0.3) is 0 Å². The maximum atomic E-state index is 12.7. The van der Waals surface area contributed by atoms with Gasteiger partial charge in [0.05, 0.1) is 25.1 Å². The van der Waals surface area contributed by atoms with E-state index in [-0.39, 0.29) is 31.8 Å². The Morgan fingerprint density at radius 1 is 1.00 bits per heavy atom. The van der Waals surface area contributed by atoms with Crippen molar-refractivity contribution in [2.24, 2.45) is 22.4 Å². The van der Waals surface area contributed by atoms with E-state index in [0.29, 0.717) is 6.42 Å². The van der Waals surface area contributed by atoms with Crippen LogP contribution in [0.15, 0.2) is 4.99 Å². The van der Waals surface area contributed by atoms with E-state index in [0.717, 1.165) is 0 Å². The van der Waals surface area contributed by atoms with Crippen LogP contribution in [-0.4, -0.2) is 83.1 Å². The third-order valence-corrected chi connectivity index (χ3v) is 5.26. The summed E-state index contributed by atoms with van der Waals surface area (Å²) in [7, 11) is 0. The fraction of sp³-hybridized carbons (Fsp3) is 0.667. The van der Waals surface area contributed by atoms with Crippen LogP contribution in [0, 0.1) is 5.92 Å². The van der Waals surface area contributed by atoms with Crippen LogP contribution in [0.25, 0.3) is 0 Å². The predicted octanol–water partition coefficient (Wildman–Crippen LogP) is -4.13. The maximum Gasteiger partial charge on any atom is 0.305 e. The van der Waals surface area contributed by atoms with Crippen molar-refractivity contribution in [1.82, 2.24) is 21.3 Å². The molecule has 1 saturated carbocycles. The number of nitrogens with two attached hydrogens (primary N) is 2. The van der Waals surface area contributed by atoms with Gasteiger partial charge in [0, 0.05) is 12.5 Å². The van der Waals surface area contributed by atoms with Gasteiger partial charge in [-0.25, -0.2) is 0 Å². The summed E-state index contributed by atoms with van der Waals surface area (Å²) < 4.78 is 0. The molecule has 10 N–H and O–H groups in total. The first kappa shape index (κ1) is 24.8. The normalized spacial score (nSPS) is 29.1. The lowest BCUT2D eigenvalue weighted by Gasteiger charge is -2.23. The molecule has 4 amide bonds. The van der Waals surface area contributed by atoms with E-state index in [4.69, 9.17) is 16.6 Å². The molecular formula is C18H29N7O7. The van der Waals surface area contributed by atoms with Gasteiger partial charge in [0.15, 0.2) is 5.96 Å². The first-order valence-corrected chi connectivity index (χ1v) is 10.2. The summed E-state index contributed by atoms with van der Waals surface area (Å²) >= 11 is 0. The number of rotatable bonds is 6. The minimum atomic E-state index is -1.41. The van der Waals surface area contributed by atoms with E-state index in [2.05, 4.69) is 26.3 Å². The SMILES string of the molecule is NC(N)=NCCC[C@@H]1NC(=O)[C@H]2C[C@H](NC(=O)[C@@H](CC(=O)O)NC(=O)CNC1=O)[C@@H](O)C2. The second-order valence-corrected chi connectivity index (χ2v) is 7.80. The number of carbonyl (C=O) groups excluding carboxylic acids is 4. The van der Waals surface area contributed by atoms with Crippen molar-refractivity contribution < 1.29 is 34.2 Å². The van der Waals surface area contributed by atoms with Crippen LogP contribution in [0.4, 0.5) is 0 Å². The maximum absolute atomic E-state index is 12.7. The summed E-state index contributed by atoms with van der Waals surface area (Å²) in [5.41, 5.74) is 10.5. The average Bonchev–Trinajstić information content (AvgIpc) is 3.07. The molecule has 1 heterocycles. The van der Waals surface area contributed by atoms with Crippen LogP contribution in [0.5, 0.6) is 0 Å². The number of aliphatic hydroxyl groups excluding tert-OH is 1. The number of fused-ring (bicyclic) bond motifs is 2.